The van der Waals surface area contributed by atoms with Gasteiger partial charge in [-0.3, -0.25) is 9.59 Å². The van der Waals surface area contributed by atoms with Gasteiger partial charge in [-0.05, 0) is 37.1 Å². The molecule has 0 aliphatic rings. The molecule has 2 aromatic carbocycles. The van der Waals surface area contributed by atoms with E-state index in [4.69, 9.17) is 0 Å². The summed E-state index contributed by atoms with van der Waals surface area (Å²) in [5.41, 5.74) is 3.33. The van der Waals surface area contributed by atoms with Gasteiger partial charge < -0.3 is 10.2 Å². The number of amides is 2. The average molecular weight is 449 g/mol. The smallest absolute Gasteiger partial charge is 0.242 e. The Hall–Kier alpha value is -1.79. The molecule has 0 spiro atoms. The SMILES string of the molecule is CNC(=O)[C@H](C)N(Cc1cccc(C)c1)C(=O)CSCc1ccc(Br)cc1. The fourth-order valence-corrected chi connectivity index (χ4v) is 3.85. The molecule has 0 radical (unpaired) electrons. The van der Waals surface area contributed by atoms with Gasteiger partial charge in [0.2, 0.25) is 11.8 Å². The van der Waals surface area contributed by atoms with Gasteiger partial charge in [0.25, 0.3) is 0 Å². The number of hydrogen-bond donors (Lipinski definition) is 1. The second-order valence-corrected chi connectivity index (χ2v) is 8.32. The number of benzene rings is 2. The molecule has 0 saturated heterocycles. The highest BCUT2D eigenvalue weighted by atomic mass is 79.9. The van der Waals surface area contributed by atoms with Crippen molar-refractivity contribution in [3.8, 4) is 0 Å². The lowest BCUT2D eigenvalue weighted by Gasteiger charge is -2.28. The van der Waals surface area contributed by atoms with E-state index in [0.717, 1.165) is 21.4 Å². The number of nitrogens with zero attached hydrogens (tertiary/aromatic N) is 1. The van der Waals surface area contributed by atoms with Crippen LogP contribution in [0.1, 0.15) is 23.6 Å². The highest BCUT2D eigenvalue weighted by molar-refractivity contribution is 9.10. The third-order valence-electron chi connectivity index (χ3n) is 4.26. The van der Waals surface area contributed by atoms with Crippen LogP contribution in [-0.4, -0.2) is 35.6 Å². The zero-order valence-corrected chi connectivity index (χ0v) is 18.3. The van der Waals surface area contributed by atoms with E-state index in [1.807, 2.05) is 55.5 Å². The van der Waals surface area contributed by atoms with Crippen LogP contribution in [0.4, 0.5) is 0 Å². The van der Waals surface area contributed by atoms with Crippen molar-refractivity contribution in [2.75, 3.05) is 12.8 Å². The average Bonchev–Trinajstić information content (AvgIpc) is 2.66. The number of nitrogens with one attached hydrogen (secondary N) is 1. The van der Waals surface area contributed by atoms with Crippen molar-refractivity contribution in [3.05, 3.63) is 69.7 Å². The molecule has 0 saturated carbocycles. The Balaban J connectivity index is 2.03. The lowest BCUT2D eigenvalue weighted by Crippen LogP contribution is -2.47. The summed E-state index contributed by atoms with van der Waals surface area (Å²) in [6.07, 6.45) is 0. The number of halogens is 1. The Morgan fingerprint density at radius 3 is 2.48 bits per heavy atom. The summed E-state index contributed by atoms with van der Waals surface area (Å²) in [5, 5.41) is 2.64. The maximum Gasteiger partial charge on any atom is 0.242 e. The van der Waals surface area contributed by atoms with Gasteiger partial charge in [0.05, 0.1) is 5.75 Å². The molecule has 144 valence electrons. The van der Waals surface area contributed by atoms with E-state index >= 15 is 0 Å². The third-order valence-corrected chi connectivity index (χ3v) is 5.77. The monoisotopic (exact) mass is 448 g/mol. The topological polar surface area (TPSA) is 49.4 Å². The van der Waals surface area contributed by atoms with Crippen molar-refractivity contribution in [2.24, 2.45) is 0 Å². The standard InChI is InChI=1S/C21H25BrN2O2S/c1-15-5-4-6-18(11-15)12-24(16(2)21(26)23-3)20(25)14-27-13-17-7-9-19(22)10-8-17/h4-11,16H,12-14H2,1-3H3,(H,23,26)/t16-/m0/s1. The molecule has 0 fully saturated rings. The zero-order valence-electron chi connectivity index (χ0n) is 15.9. The first kappa shape index (κ1) is 21.5. The summed E-state index contributed by atoms with van der Waals surface area (Å²) in [4.78, 5) is 26.6. The maximum atomic E-state index is 12.9. The molecule has 27 heavy (non-hydrogen) atoms. The summed E-state index contributed by atoms with van der Waals surface area (Å²) < 4.78 is 1.04. The van der Waals surface area contributed by atoms with Gasteiger partial charge in [-0.1, -0.05) is 57.9 Å². The van der Waals surface area contributed by atoms with E-state index in [0.29, 0.717) is 12.3 Å². The van der Waals surface area contributed by atoms with Gasteiger partial charge in [-0.15, -0.1) is 11.8 Å². The number of carbonyl (C=O) groups is 2. The van der Waals surface area contributed by atoms with Crippen molar-refractivity contribution in [1.29, 1.82) is 0 Å². The fraction of sp³-hybridized carbons (Fsp3) is 0.333. The molecule has 0 bridgehead atoms. The van der Waals surface area contributed by atoms with E-state index < -0.39 is 6.04 Å². The second-order valence-electron chi connectivity index (χ2n) is 6.42. The predicted molar refractivity (Wildman–Crippen MR) is 116 cm³/mol. The Labute approximate surface area is 173 Å². The van der Waals surface area contributed by atoms with Gasteiger partial charge >= 0.3 is 0 Å². The maximum absolute atomic E-state index is 12.9. The molecule has 1 atom stereocenters. The van der Waals surface area contributed by atoms with Crippen LogP contribution >= 0.6 is 27.7 Å². The summed E-state index contributed by atoms with van der Waals surface area (Å²) in [6, 6.07) is 15.6. The van der Waals surface area contributed by atoms with E-state index in [2.05, 4.69) is 21.2 Å². The Kier molecular flexibility index (Phi) is 8.38. The van der Waals surface area contributed by atoms with Gasteiger partial charge in [-0.25, -0.2) is 0 Å². The van der Waals surface area contributed by atoms with Crippen LogP contribution in [0.5, 0.6) is 0 Å². The Morgan fingerprint density at radius 2 is 1.85 bits per heavy atom. The molecule has 0 aliphatic carbocycles. The minimum absolute atomic E-state index is 0.0327. The highest BCUT2D eigenvalue weighted by Crippen LogP contribution is 2.18. The molecule has 0 aliphatic heterocycles. The molecule has 0 unspecified atom stereocenters. The van der Waals surface area contributed by atoms with Gasteiger partial charge in [0.15, 0.2) is 0 Å². The minimum Gasteiger partial charge on any atom is -0.357 e. The van der Waals surface area contributed by atoms with E-state index in [1.54, 1.807) is 30.6 Å². The lowest BCUT2D eigenvalue weighted by atomic mass is 10.1. The van der Waals surface area contributed by atoms with Crippen LogP contribution in [0, 0.1) is 6.92 Å². The van der Waals surface area contributed by atoms with E-state index in [1.165, 1.54) is 5.56 Å². The van der Waals surface area contributed by atoms with Crippen LogP contribution in [-0.2, 0) is 21.9 Å². The van der Waals surface area contributed by atoms with E-state index in [9.17, 15) is 9.59 Å². The number of thioether (sulfide) groups is 1. The van der Waals surface area contributed by atoms with Crippen LogP contribution in [0.15, 0.2) is 53.0 Å². The number of rotatable bonds is 8. The second kappa shape index (κ2) is 10.5. The zero-order chi connectivity index (χ0) is 19.8. The van der Waals surface area contributed by atoms with Crippen molar-refractivity contribution < 1.29 is 9.59 Å². The number of likely N-dealkylation sites (N-methyl/N-ethyl adjacent to an activating group) is 1. The van der Waals surface area contributed by atoms with Crippen molar-refractivity contribution >= 4 is 39.5 Å². The normalized spacial score (nSPS) is 11.7. The Bertz CT molecular complexity index is 780. The van der Waals surface area contributed by atoms with Crippen LogP contribution in [0.3, 0.4) is 0 Å². The quantitative estimate of drug-likeness (QED) is 0.659. The van der Waals surface area contributed by atoms with Crippen molar-refractivity contribution in [2.45, 2.75) is 32.2 Å². The molecule has 0 heterocycles. The first-order valence-electron chi connectivity index (χ1n) is 8.79. The molecule has 2 aromatic rings. The van der Waals surface area contributed by atoms with Crippen LogP contribution in [0.25, 0.3) is 0 Å². The molecular formula is C21H25BrN2O2S. The summed E-state index contributed by atoms with van der Waals surface area (Å²) in [7, 11) is 1.59. The first-order valence-corrected chi connectivity index (χ1v) is 10.7. The van der Waals surface area contributed by atoms with Gasteiger partial charge in [-0.2, -0.15) is 0 Å². The molecule has 0 aromatic heterocycles. The fourth-order valence-electron chi connectivity index (χ4n) is 2.72. The third kappa shape index (κ3) is 6.70. The number of aryl methyl sites for hydroxylation is 1. The summed E-state index contributed by atoms with van der Waals surface area (Å²) in [6.45, 7) is 4.21. The first-order chi connectivity index (χ1) is 12.9. The molecule has 2 rings (SSSR count). The molecule has 2 amide bonds. The predicted octanol–water partition coefficient (Wildman–Crippen LogP) is 4.15. The molecule has 6 heteroatoms. The molecule has 4 nitrogen and oxygen atoms in total. The minimum atomic E-state index is -0.517. The van der Waals surface area contributed by atoms with Crippen molar-refractivity contribution in [3.63, 3.8) is 0 Å². The summed E-state index contributed by atoms with van der Waals surface area (Å²) in [5.74, 6) is 0.901. The highest BCUT2D eigenvalue weighted by Gasteiger charge is 2.25. The number of hydrogen-bond acceptors (Lipinski definition) is 3. The summed E-state index contributed by atoms with van der Waals surface area (Å²) >= 11 is 4.98. The molecule has 1 N–H and O–H groups in total. The molecular weight excluding hydrogens is 424 g/mol. The lowest BCUT2D eigenvalue weighted by molar-refractivity contribution is -0.138. The van der Waals surface area contributed by atoms with Gasteiger partial charge in [0, 0.05) is 23.8 Å². The van der Waals surface area contributed by atoms with Gasteiger partial charge in [0.1, 0.15) is 6.04 Å². The van der Waals surface area contributed by atoms with Crippen molar-refractivity contribution in [1.82, 2.24) is 10.2 Å². The van der Waals surface area contributed by atoms with E-state index in [-0.39, 0.29) is 11.8 Å². The Morgan fingerprint density at radius 1 is 1.15 bits per heavy atom. The largest absolute Gasteiger partial charge is 0.357 e. The number of carbonyl (C=O) groups excluding carboxylic acids is 2. The van der Waals surface area contributed by atoms with Crippen LogP contribution in [0.2, 0.25) is 0 Å². The van der Waals surface area contributed by atoms with Crippen LogP contribution < -0.4 is 5.32 Å².